The van der Waals surface area contributed by atoms with Crippen LogP contribution in [0.25, 0.3) is 10.9 Å². The molecular formula is C26H31ClN4O2. The molecule has 0 radical (unpaired) electrons. The van der Waals surface area contributed by atoms with Crippen LogP contribution >= 0.6 is 11.6 Å². The summed E-state index contributed by atoms with van der Waals surface area (Å²) in [5.41, 5.74) is 2.82. The van der Waals surface area contributed by atoms with Gasteiger partial charge in [-0.05, 0) is 57.4 Å². The van der Waals surface area contributed by atoms with Crippen molar-refractivity contribution >= 4 is 40.0 Å². The van der Waals surface area contributed by atoms with Gasteiger partial charge in [-0.1, -0.05) is 41.9 Å². The summed E-state index contributed by atoms with van der Waals surface area (Å²) in [6, 6.07) is 15.7. The topological polar surface area (TPSA) is 77.5 Å². The number of aromatic carboxylic acids is 1. The monoisotopic (exact) mass is 466 g/mol. The van der Waals surface area contributed by atoms with Crippen LogP contribution in [-0.2, 0) is 6.54 Å². The van der Waals surface area contributed by atoms with Crippen LogP contribution in [0.3, 0.4) is 0 Å². The van der Waals surface area contributed by atoms with Crippen LogP contribution in [0, 0.1) is 0 Å². The van der Waals surface area contributed by atoms with E-state index in [9.17, 15) is 9.90 Å². The second-order valence-electron chi connectivity index (χ2n) is 9.64. The van der Waals surface area contributed by atoms with Crippen molar-refractivity contribution < 1.29 is 9.90 Å². The largest absolute Gasteiger partial charge is 0.477 e. The Hall–Kier alpha value is -2.83. The van der Waals surface area contributed by atoms with E-state index < -0.39 is 5.97 Å². The lowest BCUT2D eigenvalue weighted by molar-refractivity contribution is 0.0698. The first-order valence-electron chi connectivity index (χ1n) is 11.4. The summed E-state index contributed by atoms with van der Waals surface area (Å²) in [4.78, 5) is 19.4. The van der Waals surface area contributed by atoms with Crippen molar-refractivity contribution in [1.82, 2.24) is 10.3 Å². The van der Waals surface area contributed by atoms with Crippen molar-refractivity contribution in [2.75, 3.05) is 23.3 Å². The molecule has 0 unspecified atom stereocenters. The number of benzene rings is 2. The van der Waals surface area contributed by atoms with Gasteiger partial charge < -0.3 is 20.6 Å². The number of nitrogens with one attached hydrogen (secondary N) is 2. The zero-order chi connectivity index (χ0) is 23.6. The molecular weight excluding hydrogens is 436 g/mol. The fourth-order valence-electron chi connectivity index (χ4n) is 4.50. The second kappa shape index (κ2) is 9.57. The Morgan fingerprint density at radius 1 is 1.12 bits per heavy atom. The molecule has 1 aliphatic heterocycles. The molecule has 1 saturated heterocycles. The van der Waals surface area contributed by atoms with Gasteiger partial charge in [-0.2, -0.15) is 0 Å². The second-order valence-corrected chi connectivity index (χ2v) is 10.1. The number of aromatic nitrogens is 1. The fourth-order valence-corrected chi connectivity index (χ4v) is 4.63. The molecule has 3 aromatic rings. The van der Waals surface area contributed by atoms with E-state index in [0.717, 1.165) is 48.1 Å². The van der Waals surface area contributed by atoms with Crippen molar-refractivity contribution in [3.05, 3.63) is 64.7 Å². The average molecular weight is 467 g/mol. The maximum atomic E-state index is 12.5. The van der Waals surface area contributed by atoms with Gasteiger partial charge in [-0.15, -0.1) is 0 Å². The van der Waals surface area contributed by atoms with Crippen molar-refractivity contribution in [3.8, 4) is 0 Å². The molecule has 3 N–H and O–H groups in total. The van der Waals surface area contributed by atoms with E-state index >= 15 is 0 Å². The van der Waals surface area contributed by atoms with Gasteiger partial charge in [0.15, 0.2) is 0 Å². The smallest absolute Gasteiger partial charge is 0.341 e. The molecule has 0 atom stereocenters. The number of para-hydroxylation sites is 1. The van der Waals surface area contributed by atoms with Gasteiger partial charge in [0.1, 0.15) is 11.4 Å². The minimum atomic E-state index is -0.975. The SMILES string of the molecule is CC(C)(C)NC1CCN(c2c(C(=O)O)c(NCc3ccc(Cl)cc3)nc3ccccc23)CC1. The van der Waals surface area contributed by atoms with Crippen LogP contribution in [0.2, 0.25) is 5.02 Å². The third-order valence-corrected chi connectivity index (χ3v) is 6.15. The summed E-state index contributed by atoms with van der Waals surface area (Å²) < 4.78 is 0. The zero-order valence-corrected chi connectivity index (χ0v) is 20.1. The molecule has 7 heteroatoms. The molecule has 0 saturated carbocycles. The molecule has 1 aromatic heterocycles. The summed E-state index contributed by atoms with van der Waals surface area (Å²) in [5, 5.41) is 18.7. The minimum Gasteiger partial charge on any atom is -0.477 e. The van der Waals surface area contributed by atoms with E-state index in [2.05, 4.69) is 36.3 Å². The Balaban J connectivity index is 1.68. The molecule has 2 aromatic carbocycles. The van der Waals surface area contributed by atoms with Gasteiger partial charge in [-0.3, -0.25) is 0 Å². The van der Waals surface area contributed by atoms with Crippen LogP contribution in [0.5, 0.6) is 0 Å². The van der Waals surface area contributed by atoms with Crippen LogP contribution in [0.4, 0.5) is 11.5 Å². The number of anilines is 2. The van der Waals surface area contributed by atoms with Crippen molar-refractivity contribution in [2.24, 2.45) is 0 Å². The molecule has 2 heterocycles. The van der Waals surface area contributed by atoms with Gasteiger partial charge in [0.05, 0.1) is 11.2 Å². The number of piperidine rings is 1. The van der Waals surface area contributed by atoms with Crippen LogP contribution in [0.1, 0.15) is 49.5 Å². The Morgan fingerprint density at radius 3 is 2.42 bits per heavy atom. The normalized spacial score (nSPS) is 15.1. The van der Waals surface area contributed by atoms with Crippen LogP contribution < -0.4 is 15.5 Å². The Labute approximate surface area is 200 Å². The standard InChI is InChI=1S/C26H31ClN4O2/c1-26(2,3)30-19-12-14-31(15-13-19)23-20-6-4-5-7-21(20)29-24(22(23)25(32)33)28-16-17-8-10-18(27)11-9-17/h4-11,19,30H,12-16H2,1-3H3,(H,28,29)(H,32,33). The van der Waals surface area contributed by atoms with Crippen molar-refractivity contribution in [3.63, 3.8) is 0 Å². The minimum absolute atomic E-state index is 0.0567. The highest BCUT2D eigenvalue weighted by atomic mass is 35.5. The molecule has 0 aliphatic carbocycles. The molecule has 4 rings (SSSR count). The van der Waals surface area contributed by atoms with E-state index in [1.54, 1.807) is 0 Å². The van der Waals surface area contributed by atoms with E-state index in [4.69, 9.17) is 16.6 Å². The summed E-state index contributed by atoms with van der Waals surface area (Å²) in [6.45, 7) is 8.57. The van der Waals surface area contributed by atoms with E-state index in [1.807, 2.05) is 48.5 Å². The van der Waals surface area contributed by atoms with Gasteiger partial charge in [0, 0.05) is 41.6 Å². The summed E-state index contributed by atoms with van der Waals surface area (Å²) >= 11 is 5.99. The first-order chi connectivity index (χ1) is 15.7. The van der Waals surface area contributed by atoms with Crippen LogP contribution in [0.15, 0.2) is 48.5 Å². The highest BCUT2D eigenvalue weighted by Crippen LogP contribution is 2.36. The third kappa shape index (κ3) is 5.57. The molecule has 0 bridgehead atoms. The van der Waals surface area contributed by atoms with Gasteiger partial charge in [0.25, 0.3) is 0 Å². The number of carboxylic acid groups (broad SMARTS) is 1. The van der Waals surface area contributed by atoms with Gasteiger partial charge >= 0.3 is 5.97 Å². The lowest BCUT2D eigenvalue weighted by atomic mass is 9.98. The Bertz CT molecular complexity index is 1130. The fraction of sp³-hybridized carbons (Fsp3) is 0.385. The number of hydrogen-bond donors (Lipinski definition) is 3. The number of carbonyl (C=O) groups is 1. The molecule has 6 nitrogen and oxygen atoms in total. The highest BCUT2D eigenvalue weighted by molar-refractivity contribution is 6.30. The summed E-state index contributed by atoms with van der Waals surface area (Å²) in [7, 11) is 0. The quantitative estimate of drug-likeness (QED) is 0.441. The van der Waals surface area contributed by atoms with Gasteiger partial charge in [-0.25, -0.2) is 9.78 Å². The average Bonchev–Trinajstić information content (AvgIpc) is 2.77. The maximum Gasteiger partial charge on any atom is 0.341 e. The predicted molar refractivity (Wildman–Crippen MR) is 136 cm³/mol. The van der Waals surface area contributed by atoms with Gasteiger partial charge in [0.2, 0.25) is 0 Å². The Kier molecular flexibility index (Phi) is 6.77. The molecule has 1 aliphatic rings. The lowest BCUT2D eigenvalue weighted by Gasteiger charge is -2.38. The molecule has 1 fully saturated rings. The number of halogens is 1. The number of pyridine rings is 1. The number of hydrogen-bond acceptors (Lipinski definition) is 5. The predicted octanol–water partition coefficient (Wildman–Crippen LogP) is 5.56. The van der Waals surface area contributed by atoms with Crippen molar-refractivity contribution in [1.29, 1.82) is 0 Å². The summed E-state index contributed by atoms with van der Waals surface area (Å²) in [6.07, 6.45) is 1.92. The number of nitrogens with zero attached hydrogens (tertiary/aromatic N) is 2. The highest BCUT2D eigenvalue weighted by Gasteiger charge is 2.29. The number of fused-ring (bicyclic) bond motifs is 1. The molecule has 0 spiro atoms. The third-order valence-electron chi connectivity index (χ3n) is 5.90. The van der Waals surface area contributed by atoms with Crippen molar-refractivity contribution in [2.45, 2.75) is 51.7 Å². The van der Waals surface area contributed by atoms with E-state index in [-0.39, 0.29) is 11.1 Å². The zero-order valence-electron chi connectivity index (χ0n) is 19.4. The summed E-state index contributed by atoms with van der Waals surface area (Å²) in [5.74, 6) is -0.585. The van der Waals surface area contributed by atoms with Crippen LogP contribution in [-0.4, -0.2) is 40.7 Å². The first kappa shape index (κ1) is 23.3. The lowest BCUT2D eigenvalue weighted by Crippen LogP contribution is -2.49. The molecule has 174 valence electrons. The Morgan fingerprint density at radius 2 is 1.79 bits per heavy atom. The van der Waals surface area contributed by atoms with E-state index in [0.29, 0.717) is 23.4 Å². The van der Waals surface area contributed by atoms with E-state index in [1.165, 1.54) is 0 Å². The number of carboxylic acids is 1. The molecule has 33 heavy (non-hydrogen) atoms. The number of rotatable bonds is 6. The maximum absolute atomic E-state index is 12.5. The first-order valence-corrected chi connectivity index (χ1v) is 11.8. The molecule has 0 amide bonds.